The van der Waals surface area contributed by atoms with Gasteiger partial charge in [0.1, 0.15) is 5.82 Å². The Hall–Kier alpha value is -1.77. The lowest BCUT2D eigenvalue weighted by Crippen LogP contribution is -2.03. The molecule has 3 heteroatoms. The van der Waals surface area contributed by atoms with Crippen molar-refractivity contribution in [2.24, 2.45) is 0 Å². The SMILES string of the molecule is Cc1ccccc1-n1nc(C(C)C)cc1N. The lowest BCUT2D eigenvalue weighted by Gasteiger charge is -2.07. The minimum Gasteiger partial charge on any atom is -0.384 e. The normalized spacial score (nSPS) is 11.0. The number of anilines is 1. The van der Waals surface area contributed by atoms with E-state index in [0.29, 0.717) is 11.7 Å². The Balaban J connectivity index is 2.52. The molecule has 0 radical (unpaired) electrons. The van der Waals surface area contributed by atoms with E-state index in [1.54, 1.807) is 0 Å². The molecule has 0 aliphatic heterocycles. The van der Waals surface area contributed by atoms with Crippen LogP contribution >= 0.6 is 0 Å². The van der Waals surface area contributed by atoms with Gasteiger partial charge in [0.25, 0.3) is 0 Å². The molecule has 0 unspecified atom stereocenters. The van der Waals surface area contributed by atoms with E-state index in [1.807, 2.05) is 28.9 Å². The fourth-order valence-electron chi connectivity index (χ4n) is 1.69. The van der Waals surface area contributed by atoms with Gasteiger partial charge in [0, 0.05) is 6.07 Å². The summed E-state index contributed by atoms with van der Waals surface area (Å²) in [4.78, 5) is 0. The zero-order chi connectivity index (χ0) is 11.7. The van der Waals surface area contributed by atoms with E-state index >= 15 is 0 Å². The zero-order valence-electron chi connectivity index (χ0n) is 9.94. The highest BCUT2D eigenvalue weighted by molar-refractivity contribution is 5.47. The number of hydrogen-bond acceptors (Lipinski definition) is 2. The molecule has 2 N–H and O–H groups in total. The van der Waals surface area contributed by atoms with Crippen molar-refractivity contribution in [2.45, 2.75) is 26.7 Å². The highest BCUT2D eigenvalue weighted by Gasteiger charge is 2.10. The van der Waals surface area contributed by atoms with Gasteiger partial charge in [0.2, 0.25) is 0 Å². The smallest absolute Gasteiger partial charge is 0.127 e. The van der Waals surface area contributed by atoms with Crippen molar-refractivity contribution in [1.29, 1.82) is 0 Å². The van der Waals surface area contributed by atoms with E-state index in [2.05, 4.69) is 31.9 Å². The van der Waals surface area contributed by atoms with E-state index in [9.17, 15) is 0 Å². The van der Waals surface area contributed by atoms with Crippen LogP contribution < -0.4 is 5.73 Å². The Kier molecular flexibility index (Phi) is 2.69. The lowest BCUT2D eigenvalue weighted by atomic mass is 10.1. The quantitative estimate of drug-likeness (QED) is 0.837. The molecule has 0 saturated heterocycles. The van der Waals surface area contributed by atoms with Gasteiger partial charge in [0.05, 0.1) is 11.4 Å². The largest absolute Gasteiger partial charge is 0.384 e. The average molecular weight is 215 g/mol. The van der Waals surface area contributed by atoms with Crippen molar-refractivity contribution >= 4 is 5.82 Å². The maximum atomic E-state index is 5.98. The summed E-state index contributed by atoms with van der Waals surface area (Å²) in [5.41, 5.74) is 9.23. The minimum atomic E-state index is 0.396. The van der Waals surface area contributed by atoms with E-state index < -0.39 is 0 Å². The molecule has 0 bridgehead atoms. The second-order valence-electron chi connectivity index (χ2n) is 4.35. The summed E-state index contributed by atoms with van der Waals surface area (Å²) in [6.07, 6.45) is 0. The number of nitrogen functional groups attached to an aromatic ring is 1. The Morgan fingerprint density at radius 3 is 2.50 bits per heavy atom. The number of benzene rings is 1. The van der Waals surface area contributed by atoms with Gasteiger partial charge in [-0.25, -0.2) is 4.68 Å². The topological polar surface area (TPSA) is 43.8 Å². The summed E-state index contributed by atoms with van der Waals surface area (Å²) in [5, 5.41) is 4.53. The van der Waals surface area contributed by atoms with Crippen LogP contribution in [0.25, 0.3) is 5.69 Å². The van der Waals surface area contributed by atoms with Crippen LogP contribution in [0, 0.1) is 6.92 Å². The third kappa shape index (κ3) is 1.81. The molecule has 1 aromatic heterocycles. The first-order valence-corrected chi connectivity index (χ1v) is 5.51. The first-order valence-electron chi connectivity index (χ1n) is 5.51. The molecule has 0 saturated carbocycles. The van der Waals surface area contributed by atoms with Gasteiger partial charge in [-0.2, -0.15) is 5.10 Å². The van der Waals surface area contributed by atoms with E-state index in [1.165, 1.54) is 5.56 Å². The van der Waals surface area contributed by atoms with Gasteiger partial charge in [-0.15, -0.1) is 0 Å². The summed E-state index contributed by atoms with van der Waals surface area (Å²) in [5.74, 6) is 1.09. The molecule has 16 heavy (non-hydrogen) atoms. The molecule has 1 aromatic carbocycles. The molecule has 0 fully saturated rings. The van der Waals surface area contributed by atoms with Gasteiger partial charge < -0.3 is 5.73 Å². The number of nitrogens with two attached hydrogens (primary N) is 1. The van der Waals surface area contributed by atoms with Crippen LogP contribution in [0.1, 0.15) is 31.0 Å². The van der Waals surface area contributed by atoms with Crippen molar-refractivity contribution < 1.29 is 0 Å². The molecule has 2 aromatic rings. The van der Waals surface area contributed by atoms with Crippen molar-refractivity contribution in [1.82, 2.24) is 9.78 Å². The molecule has 84 valence electrons. The predicted octanol–water partition coefficient (Wildman–Crippen LogP) is 2.89. The van der Waals surface area contributed by atoms with Gasteiger partial charge in [-0.3, -0.25) is 0 Å². The number of rotatable bonds is 2. The molecular formula is C13H17N3. The van der Waals surface area contributed by atoms with Crippen LogP contribution in [0.4, 0.5) is 5.82 Å². The first-order chi connectivity index (χ1) is 7.59. The van der Waals surface area contributed by atoms with Crippen LogP contribution in [0.3, 0.4) is 0 Å². The summed E-state index contributed by atoms with van der Waals surface area (Å²) >= 11 is 0. The van der Waals surface area contributed by atoms with Crippen LogP contribution in [-0.4, -0.2) is 9.78 Å². The van der Waals surface area contributed by atoms with E-state index in [-0.39, 0.29) is 0 Å². The molecule has 1 heterocycles. The standard InChI is InChI=1S/C13H17N3/c1-9(2)11-8-13(14)16(15-11)12-7-5-4-6-10(12)3/h4-9H,14H2,1-3H3. The zero-order valence-corrected chi connectivity index (χ0v) is 9.94. The fraction of sp³-hybridized carbons (Fsp3) is 0.308. The van der Waals surface area contributed by atoms with Crippen LogP contribution in [0.5, 0.6) is 0 Å². The second kappa shape index (κ2) is 4.00. The molecule has 0 aliphatic carbocycles. The first kappa shape index (κ1) is 10.7. The summed E-state index contributed by atoms with van der Waals surface area (Å²) < 4.78 is 1.81. The van der Waals surface area contributed by atoms with Crippen molar-refractivity contribution in [3.63, 3.8) is 0 Å². The van der Waals surface area contributed by atoms with Crippen molar-refractivity contribution in [2.75, 3.05) is 5.73 Å². The summed E-state index contributed by atoms with van der Waals surface area (Å²) in [6, 6.07) is 10.0. The van der Waals surface area contributed by atoms with Gasteiger partial charge in [-0.05, 0) is 24.5 Å². The number of aryl methyl sites for hydroxylation is 1. The fourth-order valence-corrected chi connectivity index (χ4v) is 1.69. The van der Waals surface area contributed by atoms with Gasteiger partial charge in [0.15, 0.2) is 0 Å². The van der Waals surface area contributed by atoms with Crippen LogP contribution in [-0.2, 0) is 0 Å². The van der Waals surface area contributed by atoms with Gasteiger partial charge >= 0.3 is 0 Å². The number of nitrogens with zero attached hydrogens (tertiary/aromatic N) is 2. The third-order valence-electron chi connectivity index (χ3n) is 2.69. The van der Waals surface area contributed by atoms with Crippen LogP contribution in [0.15, 0.2) is 30.3 Å². The summed E-state index contributed by atoms with van der Waals surface area (Å²) in [7, 11) is 0. The lowest BCUT2D eigenvalue weighted by molar-refractivity contribution is 0.769. The molecule has 3 nitrogen and oxygen atoms in total. The van der Waals surface area contributed by atoms with Crippen molar-refractivity contribution in [3.05, 3.63) is 41.6 Å². The molecule has 0 atom stereocenters. The highest BCUT2D eigenvalue weighted by atomic mass is 15.3. The average Bonchev–Trinajstić information content (AvgIpc) is 2.61. The molecular weight excluding hydrogens is 198 g/mol. The molecule has 0 amide bonds. The predicted molar refractivity (Wildman–Crippen MR) is 66.8 cm³/mol. The summed E-state index contributed by atoms with van der Waals surface area (Å²) in [6.45, 7) is 6.29. The Morgan fingerprint density at radius 1 is 1.25 bits per heavy atom. The second-order valence-corrected chi connectivity index (χ2v) is 4.35. The maximum absolute atomic E-state index is 5.98. The Bertz CT molecular complexity index is 498. The number of hydrogen-bond donors (Lipinski definition) is 1. The van der Waals surface area contributed by atoms with E-state index in [4.69, 9.17) is 5.73 Å². The van der Waals surface area contributed by atoms with Crippen LogP contribution in [0.2, 0.25) is 0 Å². The molecule has 0 spiro atoms. The monoisotopic (exact) mass is 215 g/mol. The maximum Gasteiger partial charge on any atom is 0.127 e. The molecule has 2 rings (SSSR count). The minimum absolute atomic E-state index is 0.396. The molecule has 0 aliphatic rings. The Labute approximate surface area is 95.9 Å². The number of aromatic nitrogens is 2. The number of para-hydroxylation sites is 1. The van der Waals surface area contributed by atoms with E-state index in [0.717, 1.165) is 11.4 Å². The van der Waals surface area contributed by atoms with Crippen molar-refractivity contribution in [3.8, 4) is 5.69 Å². The Morgan fingerprint density at radius 2 is 1.94 bits per heavy atom. The highest BCUT2D eigenvalue weighted by Crippen LogP contribution is 2.21. The van der Waals surface area contributed by atoms with Gasteiger partial charge in [-0.1, -0.05) is 32.0 Å². The third-order valence-corrected chi connectivity index (χ3v) is 2.69.